The van der Waals surface area contributed by atoms with Gasteiger partial charge in [-0.2, -0.15) is 13.8 Å². The Kier molecular flexibility index (Phi) is 4.47. The molecule has 4 aromatic heterocycles. The van der Waals surface area contributed by atoms with Crippen LogP contribution >= 0.6 is 0 Å². The quantitative estimate of drug-likeness (QED) is 0.502. The lowest BCUT2D eigenvalue weighted by Crippen LogP contribution is -2.22. The van der Waals surface area contributed by atoms with Gasteiger partial charge >= 0.3 is 0 Å². The standard InChI is InChI=1S/C22H18F2N4/c1-22(2,19-10-4-7-17(27-19)16-8-5-13-25-16)18-9-3-6-15(26-18)14-11-12-20(23)28-21(14)24/h3-13,25H,1-2H3. The molecule has 28 heavy (non-hydrogen) atoms. The van der Waals surface area contributed by atoms with Gasteiger partial charge in [0, 0.05) is 11.6 Å². The zero-order valence-electron chi connectivity index (χ0n) is 15.4. The number of halogens is 2. The van der Waals surface area contributed by atoms with E-state index in [-0.39, 0.29) is 5.56 Å². The molecule has 0 saturated carbocycles. The molecule has 0 aromatic carbocycles. The molecule has 140 valence electrons. The Bertz CT molecular complexity index is 1120. The third-order valence-corrected chi connectivity index (χ3v) is 4.74. The van der Waals surface area contributed by atoms with Gasteiger partial charge in [-0.15, -0.1) is 0 Å². The summed E-state index contributed by atoms with van der Waals surface area (Å²) in [6.07, 6.45) is 1.85. The summed E-state index contributed by atoms with van der Waals surface area (Å²) in [6.45, 7) is 4.03. The van der Waals surface area contributed by atoms with E-state index in [0.29, 0.717) is 5.69 Å². The normalized spacial score (nSPS) is 11.6. The predicted octanol–water partition coefficient (Wildman–Crippen LogP) is 5.14. The lowest BCUT2D eigenvalue weighted by Gasteiger charge is -2.24. The van der Waals surface area contributed by atoms with Crippen LogP contribution in [0.5, 0.6) is 0 Å². The molecule has 4 heterocycles. The SMILES string of the molecule is CC(C)(c1cccc(-c2ccc[nH]2)n1)c1cccc(-c2ccc(F)nc2F)n1. The number of hydrogen-bond donors (Lipinski definition) is 1. The largest absolute Gasteiger partial charge is 0.360 e. The monoisotopic (exact) mass is 376 g/mol. The van der Waals surface area contributed by atoms with E-state index >= 15 is 0 Å². The van der Waals surface area contributed by atoms with E-state index < -0.39 is 17.3 Å². The first kappa shape index (κ1) is 18.0. The number of nitrogens with one attached hydrogen (secondary N) is 1. The number of pyridine rings is 3. The van der Waals surface area contributed by atoms with Gasteiger partial charge in [0.1, 0.15) is 0 Å². The Balaban J connectivity index is 1.75. The third kappa shape index (κ3) is 3.29. The van der Waals surface area contributed by atoms with Gasteiger partial charge in [-0.1, -0.05) is 12.1 Å². The average Bonchev–Trinajstić information content (AvgIpc) is 3.23. The van der Waals surface area contributed by atoms with E-state index in [1.165, 1.54) is 6.07 Å². The molecule has 0 bridgehead atoms. The highest BCUT2D eigenvalue weighted by Gasteiger charge is 2.27. The highest BCUT2D eigenvalue weighted by Crippen LogP contribution is 2.32. The predicted molar refractivity (Wildman–Crippen MR) is 104 cm³/mol. The Morgan fingerprint density at radius 3 is 2.07 bits per heavy atom. The highest BCUT2D eigenvalue weighted by atomic mass is 19.1. The molecule has 0 spiro atoms. The van der Waals surface area contributed by atoms with Crippen LogP contribution < -0.4 is 0 Å². The maximum absolute atomic E-state index is 14.1. The molecule has 0 aliphatic carbocycles. The van der Waals surface area contributed by atoms with Crippen LogP contribution in [0, 0.1) is 11.9 Å². The van der Waals surface area contributed by atoms with Crippen molar-refractivity contribution in [3.05, 3.63) is 90.1 Å². The van der Waals surface area contributed by atoms with Crippen LogP contribution in [0.2, 0.25) is 0 Å². The minimum absolute atomic E-state index is 0.159. The lowest BCUT2D eigenvalue weighted by atomic mass is 9.84. The van der Waals surface area contributed by atoms with Crippen molar-refractivity contribution in [3.63, 3.8) is 0 Å². The van der Waals surface area contributed by atoms with Crippen LogP contribution in [0.4, 0.5) is 8.78 Å². The molecule has 4 nitrogen and oxygen atoms in total. The van der Waals surface area contributed by atoms with E-state index in [0.717, 1.165) is 28.8 Å². The van der Waals surface area contributed by atoms with Crippen LogP contribution in [0.1, 0.15) is 25.2 Å². The first-order valence-corrected chi connectivity index (χ1v) is 8.86. The maximum Gasteiger partial charge on any atom is 0.224 e. The number of H-pyrrole nitrogens is 1. The topological polar surface area (TPSA) is 54.5 Å². The number of aromatic nitrogens is 4. The van der Waals surface area contributed by atoms with E-state index in [1.807, 2.05) is 56.4 Å². The number of aromatic amines is 1. The summed E-state index contributed by atoms with van der Waals surface area (Å²) in [5, 5.41) is 0. The average molecular weight is 376 g/mol. The molecule has 0 amide bonds. The Hall–Kier alpha value is -3.41. The molecule has 6 heteroatoms. The molecule has 1 N–H and O–H groups in total. The van der Waals surface area contributed by atoms with Crippen molar-refractivity contribution in [2.75, 3.05) is 0 Å². The lowest BCUT2D eigenvalue weighted by molar-refractivity contribution is 0.514. The van der Waals surface area contributed by atoms with Crippen molar-refractivity contribution in [1.29, 1.82) is 0 Å². The van der Waals surface area contributed by atoms with Crippen molar-refractivity contribution in [2.24, 2.45) is 0 Å². The van der Waals surface area contributed by atoms with Crippen LogP contribution in [-0.2, 0) is 5.41 Å². The van der Waals surface area contributed by atoms with Gasteiger partial charge in [0.2, 0.25) is 11.9 Å². The second kappa shape index (κ2) is 6.96. The summed E-state index contributed by atoms with van der Waals surface area (Å²) < 4.78 is 27.2. The van der Waals surface area contributed by atoms with Crippen LogP contribution in [-0.4, -0.2) is 19.9 Å². The smallest absolute Gasteiger partial charge is 0.224 e. The number of hydrogen-bond acceptors (Lipinski definition) is 3. The summed E-state index contributed by atoms with van der Waals surface area (Å²) in [4.78, 5) is 15.8. The van der Waals surface area contributed by atoms with E-state index in [4.69, 9.17) is 4.98 Å². The third-order valence-electron chi connectivity index (χ3n) is 4.74. The summed E-state index contributed by atoms with van der Waals surface area (Å²) in [5.74, 6) is -1.74. The molecule has 0 aliphatic rings. The molecule has 0 atom stereocenters. The van der Waals surface area contributed by atoms with Crippen molar-refractivity contribution in [2.45, 2.75) is 19.3 Å². The molecule has 4 rings (SSSR count). The first-order chi connectivity index (χ1) is 13.4. The fourth-order valence-electron chi connectivity index (χ4n) is 3.09. The molecule has 0 fully saturated rings. The molecular formula is C22H18F2N4. The molecule has 0 saturated heterocycles. The fraction of sp³-hybridized carbons (Fsp3) is 0.136. The van der Waals surface area contributed by atoms with E-state index in [1.54, 1.807) is 12.1 Å². The van der Waals surface area contributed by atoms with Gasteiger partial charge in [0.25, 0.3) is 0 Å². The minimum Gasteiger partial charge on any atom is -0.360 e. The highest BCUT2D eigenvalue weighted by molar-refractivity contribution is 5.59. The number of nitrogens with zero attached hydrogens (tertiary/aromatic N) is 3. The molecule has 0 aliphatic heterocycles. The van der Waals surface area contributed by atoms with Gasteiger partial charge in [0.15, 0.2) is 0 Å². The van der Waals surface area contributed by atoms with Crippen molar-refractivity contribution < 1.29 is 8.78 Å². The van der Waals surface area contributed by atoms with Gasteiger partial charge in [-0.05, 0) is 62.4 Å². The minimum atomic E-state index is -0.880. The molecule has 0 radical (unpaired) electrons. The van der Waals surface area contributed by atoms with Crippen molar-refractivity contribution in [3.8, 4) is 22.6 Å². The van der Waals surface area contributed by atoms with Gasteiger partial charge in [-0.3, -0.25) is 9.97 Å². The zero-order chi connectivity index (χ0) is 19.7. The maximum atomic E-state index is 14.1. The van der Waals surface area contributed by atoms with Crippen molar-refractivity contribution >= 4 is 0 Å². The van der Waals surface area contributed by atoms with E-state index in [9.17, 15) is 8.78 Å². The van der Waals surface area contributed by atoms with Gasteiger partial charge in [0.05, 0.1) is 34.0 Å². The Morgan fingerprint density at radius 2 is 1.43 bits per heavy atom. The molecule has 0 unspecified atom stereocenters. The summed E-state index contributed by atoms with van der Waals surface area (Å²) in [5.41, 5.74) is 3.36. The molecular weight excluding hydrogens is 358 g/mol. The summed E-state index contributed by atoms with van der Waals surface area (Å²) in [7, 11) is 0. The van der Waals surface area contributed by atoms with E-state index in [2.05, 4.69) is 15.0 Å². The summed E-state index contributed by atoms with van der Waals surface area (Å²) >= 11 is 0. The van der Waals surface area contributed by atoms with Crippen molar-refractivity contribution in [1.82, 2.24) is 19.9 Å². The van der Waals surface area contributed by atoms with Crippen LogP contribution in [0.3, 0.4) is 0 Å². The fourth-order valence-corrected chi connectivity index (χ4v) is 3.09. The summed E-state index contributed by atoms with van der Waals surface area (Å²) in [6, 6.07) is 17.6. The Morgan fingerprint density at radius 1 is 0.750 bits per heavy atom. The second-order valence-electron chi connectivity index (χ2n) is 7.00. The zero-order valence-corrected chi connectivity index (χ0v) is 15.4. The first-order valence-electron chi connectivity index (χ1n) is 8.86. The Labute approximate surface area is 161 Å². The van der Waals surface area contributed by atoms with Gasteiger partial charge < -0.3 is 4.98 Å². The number of rotatable bonds is 4. The second-order valence-corrected chi connectivity index (χ2v) is 7.00. The van der Waals surface area contributed by atoms with Crippen LogP contribution in [0.25, 0.3) is 22.6 Å². The van der Waals surface area contributed by atoms with Crippen LogP contribution in [0.15, 0.2) is 66.9 Å². The molecule has 4 aromatic rings. The van der Waals surface area contributed by atoms with Gasteiger partial charge in [-0.25, -0.2) is 0 Å².